The van der Waals surface area contributed by atoms with Crippen LogP contribution in [0.25, 0.3) is 10.1 Å². The lowest BCUT2D eigenvalue weighted by Gasteiger charge is -2.33. The molecule has 5 nitrogen and oxygen atoms in total. The number of thiophene rings is 1. The first kappa shape index (κ1) is 13.1. The molecule has 104 valence electrons. The quantitative estimate of drug-likeness (QED) is 0.877. The van der Waals surface area contributed by atoms with Gasteiger partial charge < -0.3 is 15.3 Å². The zero-order valence-electron chi connectivity index (χ0n) is 10.7. The number of aliphatic carboxylic acids is 1. The minimum Gasteiger partial charge on any atom is -0.480 e. The van der Waals surface area contributed by atoms with Gasteiger partial charge in [-0.15, -0.1) is 11.3 Å². The number of benzene rings is 1. The molecule has 1 aromatic carbocycles. The minimum atomic E-state index is -0.968. The SMILES string of the molecule is O=C(O)C1CNCCN1C(=O)c1csc2ccccc12. The number of nitrogens with zero attached hydrogens (tertiary/aromatic N) is 1. The molecule has 2 N–H and O–H groups in total. The number of carboxylic acids is 1. The van der Waals surface area contributed by atoms with Crippen LogP contribution in [0.1, 0.15) is 10.4 Å². The Labute approximate surface area is 119 Å². The number of carboxylic acid groups (broad SMARTS) is 1. The number of carbonyl (C=O) groups is 2. The van der Waals surface area contributed by atoms with E-state index in [2.05, 4.69) is 5.32 Å². The average Bonchev–Trinajstić information content (AvgIpc) is 2.90. The minimum absolute atomic E-state index is 0.198. The van der Waals surface area contributed by atoms with E-state index in [0.717, 1.165) is 10.1 Å². The summed E-state index contributed by atoms with van der Waals surface area (Å²) in [4.78, 5) is 25.4. The molecule has 3 rings (SSSR count). The van der Waals surface area contributed by atoms with Crippen molar-refractivity contribution in [2.45, 2.75) is 6.04 Å². The number of fused-ring (bicyclic) bond motifs is 1. The number of hydrogen-bond acceptors (Lipinski definition) is 4. The highest BCUT2D eigenvalue weighted by atomic mass is 32.1. The number of carbonyl (C=O) groups excluding carboxylic acids is 1. The van der Waals surface area contributed by atoms with Gasteiger partial charge in [0.15, 0.2) is 0 Å². The predicted molar refractivity (Wildman–Crippen MR) is 77.2 cm³/mol. The Balaban J connectivity index is 1.96. The highest BCUT2D eigenvalue weighted by Gasteiger charge is 2.33. The van der Waals surface area contributed by atoms with Gasteiger partial charge in [-0.2, -0.15) is 0 Å². The molecule has 0 spiro atoms. The molecule has 6 heteroatoms. The Morgan fingerprint density at radius 2 is 2.15 bits per heavy atom. The summed E-state index contributed by atoms with van der Waals surface area (Å²) in [6.07, 6.45) is 0. The molecule has 1 unspecified atom stereocenters. The molecular weight excluding hydrogens is 276 g/mol. The first-order valence-electron chi connectivity index (χ1n) is 6.39. The molecule has 1 fully saturated rings. The molecular formula is C14H14N2O3S. The lowest BCUT2D eigenvalue weighted by atomic mass is 10.1. The van der Waals surface area contributed by atoms with Crippen molar-refractivity contribution in [3.05, 3.63) is 35.2 Å². The van der Waals surface area contributed by atoms with Crippen molar-refractivity contribution in [1.82, 2.24) is 10.2 Å². The summed E-state index contributed by atoms with van der Waals surface area (Å²) in [7, 11) is 0. The van der Waals surface area contributed by atoms with Gasteiger partial charge in [-0.05, 0) is 6.07 Å². The lowest BCUT2D eigenvalue weighted by Crippen LogP contribution is -2.56. The van der Waals surface area contributed by atoms with Gasteiger partial charge in [0.2, 0.25) is 0 Å². The van der Waals surface area contributed by atoms with E-state index in [1.165, 1.54) is 16.2 Å². The molecule has 2 aromatic rings. The monoisotopic (exact) mass is 290 g/mol. The van der Waals surface area contributed by atoms with Gasteiger partial charge in [-0.3, -0.25) is 4.79 Å². The van der Waals surface area contributed by atoms with Crippen LogP contribution < -0.4 is 5.32 Å². The fraction of sp³-hybridized carbons (Fsp3) is 0.286. The van der Waals surface area contributed by atoms with Crippen LogP contribution in [-0.2, 0) is 4.79 Å². The summed E-state index contributed by atoms with van der Waals surface area (Å²) >= 11 is 1.51. The van der Waals surface area contributed by atoms with Crippen molar-refractivity contribution in [2.24, 2.45) is 0 Å². The summed E-state index contributed by atoms with van der Waals surface area (Å²) < 4.78 is 1.04. The van der Waals surface area contributed by atoms with Crippen molar-refractivity contribution >= 4 is 33.3 Å². The largest absolute Gasteiger partial charge is 0.480 e. The highest BCUT2D eigenvalue weighted by Crippen LogP contribution is 2.27. The maximum Gasteiger partial charge on any atom is 0.327 e. The van der Waals surface area contributed by atoms with E-state index in [4.69, 9.17) is 0 Å². The van der Waals surface area contributed by atoms with Crippen molar-refractivity contribution in [1.29, 1.82) is 0 Å². The maximum absolute atomic E-state index is 12.6. The average molecular weight is 290 g/mol. The third-order valence-corrected chi connectivity index (χ3v) is 4.46. The first-order chi connectivity index (χ1) is 9.68. The van der Waals surface area contributed by atoms with E-state index in [1.807, 2.05) is 29.6 Å². The fourth-order valence-corrected chi connectivity index (χ4v) is 3.40. The van der Waals surface area contributed by atoms with Gasteiger partial charge in [0.05, 0.1) is 5.56 Å². The number of amides is 1. The molecule has 0 radical (unpaired) electrons. The van der Waals surface area contributed by atoms with Crippen LogP contribution in [0, 0.1) is 0 Å². The Hall–Kier alpha value is -1.92. The number of hydrogen-bond donors (Lipinski definition) is 2. The Morgan fingerprint density at radius 1 is 1.35 bits per heavy atom. The summed E-state index contributed by atoms with van der Waals surface area (Å²) in [6, 6.07) is 6.88. The van der Waals surface area contributed by atoms with E-state index in [9.17, 15) is 14.7 Å². The Kier molecular flexibility index (Phi) is 3.42. The second-order valence-corrected chi connectivity index (χ2v) is 5.61. The van der Waals surface area contributed by atoms with Crippen LogP contribution in [-0.4, -0.2) is 47.6 Å². The highest BCUT2D eigenvalue weighted by molar-refractivity contribution is 7.17. The van der Waals surface area contributed by atoms with Gasteiger partial charge in [0.1, 0.15) is 6.04 Å². The summed E-state index contributed by atoms with van der Waals surface area (Å²) in [5.41, 5.74) is 0.596. The smallest absolute Gasteiger partial charge is 0.327 e. The molecule has 0 saturated carbocycles. The molecule has 1 aliphatic heterocycles. The topological polar surface area (TPSA) is 69.6 Å². The van der Waals surface area contributed by atoms with E-state index < -0.39 is 12.0 Å². The van der Waals surface area contributed by atoms with E-state index >= 15 is 0 Å². The van der Waals surface area contributed by atoms with Crippen LogP contribution in [0.15, 0.2) is 29.6 Å². The van der Waals surface area contributed by atoms with E-state index in [1.54, 1.807) is 0 Å². The second kappa shape index (κ2) is 5.22. The normalized spacial score (nSPS) is 19.2. The van der Waals surface area contributed by atoms with Gasteiger partial charge in [0, 0.05) is 35.1 Å². The summed E-state index contributed by atoms with van der Waals surface area (Å²) in [5.74, 6) is -1.17. The fourth-order valence-electron chi connectivity index (χ4n) is 2.47. The van der Waals surface area contributed by atoms with Crippen LogP contribution in [0.5, 0.6) is 0 Å². The van der Waals surface area contributed by atoms with Crippen molar-refractivity contribution < 1.29 is 14.7 Å². The van der Waals surface area contributed by atoms with Crippen molar-refractivity contribution in [2.75, 3.05) is 19.6 Å². The number of nitrogens with one attached hydrogen (secondary N) is 1. The molecule has 1 aliphatic rings. The molecule has 1 saturated heterocycles. The van der Waals surface area contributed by atoms with Crippen molar-refractivity contribution in [3.8, 4) is 0 Å². The van der Waals surface area contributed by atoms with Gasteiger partial charge in [-0.1, -0.05) is 18.2 Å². The summed E-state index contributed by atoms with van der Waals surface area (Å²) in [5, 5.41) is 15.0. The summed E-state index contributed by atoms with van der Waals surface area (Å²) in [6.45, 7) is 1.33. The Bertz CT molecular complexity index is 667. The van der Waals surface area contributed by atoms with Gasteiger partial charge >= 0.3 is 5.97 Å². The number of rotatable bonds is 2. The molecule has 2 heterocycles. The molecule has 1 aromatic heterocycles. The van der Waals surface area contributed by atoms with Crippen molar-refractivity contribution in [3.63, 3.8) is 0 Å². The zero-order chi connectivity index (χ0) is 14.1. The number of piperazine rings is 1. The molecule has 1 atom stereocenters. The first-order valence-corrected chi connectivity index (χ1v) is 7.27. The molecule has 1 amide bonds. The van der Waals surface area contributed by atoms with Crippen LogP contribution in [0.3, 0.4) is 0 Å². The van der Waals surface area contributed by atoms with Crippen LogP contribution in [0.4, 0.5) is 0 Å². The molecule has 20 heavy (non-hydrogen) atoms. The molecule has 0 aliphatic carbocycles. The van der Waals surface area contributed by atoms with Gasteiger partial charge in [0.25, 0.3) is 5.91 Å². The zero-order valence-corrected chi connectivity index (χ0v) is 11.5. The van der Waals surface area contributed by atoms with Crippen LogP contribution >= 0.6 is 11.3 Å². The van der Waals surface area contributed by atoms with Gasteiger partial charge in [-0.25, -0.2) is 4.79 Å². The lowest BCUT2D eigenvalue weighted by molar-refractivity contribution is -0.142. The predicted octanol–water partition coefficient (Wildman–Crippen LogP) is 1.40. The van der Waals surface area contributed by atoms with E-state index in [0.29, 0.717) is 25.2 Å². The maximum atomic E-state index is 12.6. The van der Waals surface area contributed by atoms with E-state index in [-0.39, 0.29) is 5.91 Å². The molecule has 0 bridgehead atoms. The second-order valence-electron chi connectivity index (χ2n) is 4.70. The third-order valence-electron chi connectivity index (χ3n) is 3.50. The van der Waals surface area contributed by atoms with Crippen LogP contribution in [0.2, 0.25) is 0 Å². The standard InChI is InChI=1S/C14H14N2O3S/c17-13(16-6-5-15-7-11(16)14(18)19)10-8-20-12-4-2-1-3-9(10)12/h1-4,8,11,15H,5-7H2,(H,18,19). The Morgan fingerprint density at radius 3 is 2.95 bits per heavy atom. The third kappa shape index (κ3) is 2.17.